The zero-order chi connectivity index (χ0) is 18.0. The molecule has 130 valence electrons. The number of hydrogen-bond donors (Lipinski definition) is 0. The Morgan fingerprint density at radius 2 is 1.48 bits per heavy atom. The lowest BCUT2D eigenvalue weighted by molar-refractivity contribution is 0.175. The molecule has 0 unspecified atom stereocenters. The Bertz CT molecular complexity index is 653. The first-order valence-electron chi connectivity index (χ1n) is 8.06. The van der Waals surface area contributed by atoms with Crippen molar-refractivity contribution in [2.45, 2.75) is 77.1 Å². The van der Waals surface area contributed by atoms with Crippen LogP contribution in [0.25, 0.3) is 0 Å². The molecular weight excluding hydrogens is 308 g/mol. The molecule has 0 aromatic heterocycles. The molecule has 0 saturated carbocycles. The lowest BCUT2D eigenvalue weighted by Crippen LogP contribution is -2.41. The summed E-state index contributed by atoms with van der Waals surface area (Å²) in [5, 5.41) is 0. The van der Waals surface area contributed by atoms with Gasteiger partial charge in [0, 0.05) is 17.0 Å². The number of hydrogen-bond acceptors (Lipinski definition) is 2. The quantitative estimate of drug-likeness (QED) is 0.790. The third-order valence-electron chi connectivity index (χ3n) is 3.71. The highest BCUT2D eigenvalue weighted by Gasteiger charge is 2.32. The molecule has 0 aliphatic rings. The Kier molecular flexibility index (Phi) is 6.02. The summed E-state index contributed by atoms with van der Waals surface area (Å²) < 4.78 is 17.3. The van der Waals surface area contributed by atoms with Gasteiger partial charge in [-0.05, 0) is 67.5 Å². The summed E-state index contributed by atoms with van der Waals surface area (Å²) in [6.07, 6.45) is 0. The van der Waals surface area contributed by atoms with Crippen molar-refractivity contribution in [1.29, 1.82) is 0 Å². The maximum Gasteiger partial charge on any atom is 0.352 e. The smallest absolute Gasteiger partial charge is 0.318 e. The summed E-state index contributed by atoms with van der Waals surface area (Å²) in [5.74, 6) is 0. The molecular formula is C18H30N2O2S. The average molecular weight is 339 g/mol. The van der Waals surface area contributed by atoms with Crippen LogP contribution in [0.2, 0.25) is 0 Å². The van der Waals surface area contributed by atoms with Crippen LogP contribution in [0.4, 0.5) is 4.79 Å². The number of amides is 2. The van der Waals surface area contributed by atoms with Gasteiger partial charge in [-0.3, -0.25) is 0 Å². The molecule has 0 radical (unpaired) electrons. The van der Waals surface area contributed by atoms with Crippen molar-refractivity contribution in [3.8, 4) is 0 Å². The Morgan fingerprint density at radius 3 is 1.83 bits per heavy atom. The van der Waals surface area contributed by atoms with Crippen LogP contribution in [0.3, 0.4) is 0 Å². The Hall–Kier alpha value is -1.36. The van der Waals surface area contributed by atoms with E-state index in [0.717, 1.165) is 5.56 Å². The molecule has 5 heteroatoms. The predicted octanol–water partition coefficient (Wildman–Crippen LogP) is 4.86. The van der Waals surface area contributed by atoms with Crippen LogP contribution in [-0.4, -0.2) is 32.0 Å². The highest BCUT2D eigenvalue weighted by atomic mass is 32.2. The van der Waals surface area contributed by atoms with Gasteiger partial charge in [0.15, 0.2) is 0 Å². The topological polar surface area (TPSA) is 49.7 Å². The largest absolute Gasteiger partial charge is 0.352 e. The van der Waals surface area contributed by atoms with Crippen LogP contribution < -0.4 is 0 Å². The van der Waals surface area contributed by atoms with Crippen LogP contribution in [0.5, 0.6) is 0 Å². The number of carbonyl (C=O) groups is 1. The van der Waals surface area contributed by atoms with E-state index in [1.54, 1.807) is 4.90 Å². The first-order valence-corrected chi connectivity index (χ1v) is 9.57. The van der Waals surface area contributed by atoms with E-state index >= 15 is 0 Å². The second-order valence-corrected chi connectivity index (χ2v) is 10.4. The van der Waals surface area contributed by atoms with E-state index in [-0.39, 0.29) is 12.1 Å². The summed E-state index contributed by atoms with van der Waals surface area (Å²) in [5.41, 5.74) is 1.08. The van der Waals surface area contributed by atoms with Gasteiger partial charge < -0.3 is 4.90 Å². The first-order chi connectivity index (χ1) is 10.4. The monoisotopic (exact) mass is 338 g/mol. The van der Waals surface area contributed by atoms with Crippen molar-refractivity contribution in [3.63, 3.8) is 0 Å². The standard InChI is InChI=1S/C18H30N2O2S/c1-13(2)20(14(3)4)17(21)19-23(22,18(6,7)8)16-11-9-15(5)10-12-16/h9-14H,1-8H3/t23-/m0/s1. The van der Waals surface area contributed by atoms with Gasteiger partial charge in [-0.15, -0.1) is 4.36 Å². The van der Waals surface area contributed by atoms with Gasteiger partial charge in [0.1, 0.15) is 0 Å². The zero-order valence-corrected chi connectivity index (χ0v) is 16.4. The highest BCUT2D eigenvalue weighted by Crippen LogP contribution is 2.28. The molecule has 1 rings (SSSR count). The fraction of sp³-hybridized carbons (Fsp3) is 0.611. The molecule has 0 bridgehead atoms. The van der Waals surface area contributed by atoms with Crippen molar-refractivity contribution in [3.05, 3.63) is 29.8 Å². The van der Waals surface area contributed by atoms with Gasteiger partial charge in [-0.2, -0.15) is 0 Å². The molecule has 0 aliphatic carbocycles. The van der Waals surface area contributed by atoms with E-state index < -0.39 is 20.5 Å². The van der Waals surface area contributed by atoms with E-state index in [2.05, 4.69) is 4.36 Å². The SMILES string of the molecule is Cc1ccc([S@@](=O)(=NC(=O)N(C(C)C)C(C)C)C(C)(C)C)cc1. The lowest BCUT2D eigenvalue weighted by atomic mass is 10.2. The molecule has 0 saturated heterocycles. The molecule has 0 heterocycles. The second-order valence-electron chi connectivity index (χ2n) is 7.42. The molecule has 1 atom stereocenters. The number of aryl methyl sites for hydroxylation is 1. The van der Waals surface area contributed by atoms with Crippen LogP contribution in [0.15, 0.2) is 33.5 Å². The van der Waals surface area contributed by atoms with Crippen molar-refractivity contribution in [2.24, 2.45) is 4.36 Å². The van der Waals surface area contributed by atoms with Crippen LogP contribution >= 0.6 is 0 Å². The fourth-order valence-corrected chi connectivity index (χ4v) is 4.37. The minimum absolute atomic E-state index is 0.00730. The van der Waals surface area contributed by atoms with E-state index in [1.807, 2.05) is 79.7 Å². The molecule has 1 aromatic rings. The number of nitrogens with zero attached hydrogens (tertiary/aromatic N) is 2. The molecule has 4 nitrogen and oxygen atoms in total. The van der Waals surface area contributed by atoms with E-state index in [9.17, 15) is 9.00 Å². The lowest BCUT2D eigenvalue weighted by Gasteiger charge is -2.31. The maximum absolute atomic E-state index is 13.7. The van der Waals surface area contributed by atoms with E-state index in [1.165, 1.54) is 0 Å². The Labute approximate surface area is 141 Å². The van der Waals surface area contributed by atoms with Crippen molar-refractivity contribution >= 4 is 15.8 Å². The molecule has 1 aromatic carbocycles. The molecule has 0 aliphatic heterocycles. The van der Waals surface area contributed by atoms with Crippen molar-refractivity contribution in [2.75, 3.05) is 0 Å². The predicted molar refractivity (Wildman–Crippen MR) is 97.3 cm³/mol. The van der Waals surface area contributed by atoms with Gasteiger partial charge in [0.2, 0.25) is 0 Å². The summed E-state index contributed by atoms with van der Waals surface area (Å²) in [6, 6.07) is 7.05. The zero-order valence-electron chi connectivity index (χ0n) is 15.6. The molecule has 2 amide bonds. The molecule has 0 spiro atoms. The Morgan fingerprint density at radius 1 is 1.04 bits per heavy atom. The fourth-order valence-electron chi connectivity index (χ4n) is 2.46. The molecule has 23 heavy (non-hydrogen) atoms. The van der Waals surface area contributed by atoms with Gasteiger partial charge >= 0.3 is 6.03 Å². The summed E-state index contributed by atoms with van der Waals surface area (Å²) in [7, 11) is -2.88. The van der Waals surface area contributed by atoms with Gasteiger partial charge in [0.25, 0.3) is 0 Å². The minimum Gasteiger partial charge on any atom is -0.318 e. The van der Waals surface area contributed by atoms with E-state index in [4.69, 9.17) is 0 Å². The maximum atomic E-state index is 13.7. The minimum atomic E-state index is -2.88. The second kappa shape index (κ2) is 7.04. The number of benzene rings is 1. The van der Waals surface area contributed by atoms with Crippen molar-refractivity contribution < 1.29 is 9.00 Å². The normalized spacial score (nSPS) is 14.7. The highest BCUT2D eigenvalue weighted by molar-refractivity contribution is 7.95. The van der Waals surface area contributed by atoms with Gasteiger partial charge in [0.05, 0.1) is 14.5 Å². The third kappa shape index (κ3) is 4.34. The Balaban J connectivity index is 3.51. The molecule has 0 N–H and O–H groups in total. The van der Waals surface area contributed by atoms with Gasteiger partial charge in [-0.1, -0.05) is 17.7 Å². The average Bonchev–Trinajstić information content (AvgIpc) is 2.36. The van der Waals surface area contributed by atoms with E-state index in [0.29, 0.717) is 4.90 Å². The molecule has 0 fully saturated rings. The third-order valence-corrected chi connectivity index (χ3v) is 6.70. The number of rotatable bonds is 3. The van der Waals surface area contributed by atoms with Gasteiger partial charge in [-0.25, -0.2) is 9.00 Å². The number of urea groups is 1. The summed E-state index contributed by atoms with van der Waals surface area (Å²) in [4.78, 5) is 15.0. The summed E-state index contributed by atoms with van der Waals surface area (Å²) >= 11 is 0. The summed E-state index contributed by atoms with van der Waals surface area (Å²) in [6.45, 7) is 15.3. The first kappa shape index (κ1) is 19.7. The van der Waals surface area contributed by atoms with Crippen LogP contribution in [0.1, 0.15) is 54.0 Å². The van der Waals surface area contributed by atoms with Crippen LogP contribution in [-0.2, 0) is 9.73 Å². The number of carbonyl (C=O) groups excluding carboxylic acids is 1. The van der Waals surface area contributed by atoms with Crippen LogP contribution in [0, 0.1) is 6.92 Å². The van der Waals surface area contributed by atoms with Crippen molar-refractivity contribution in [1.82, 2.24) is 4.90 Å².